The van der Waals surface area contributed by atoms with E-state index in [-0.39, 0.29) is 5.91 Å². The molecule has 0 saturated carbocycles. The first-order chi connectivity index (χ1) is 10.2. The standard InChI is InChI=1S/C17H18N2O2/c1-13-7-8-16(21-13)17(20)18-10-4-11-19-12-9-14-5-2-3-6-15(14)19/h2-3,5-9,12H,4,10-11H2,1H3,(H,18,20). The second kappa shape index (κ2) is 5.87. The molecule has 3 aromatic rings. The zero-order valence-electron chi connectivity index (χ0n) is 12.0. The molecular formula is C17H18N2O2. The van der Waals surface area contributed by atoms with Crippen LogP contribution in [-0.4, -0.2) is 17.0 Å². The van der Waals surface area contributed by atoms with Crippen LogP contribution in [0.5, 0.6) is 0 Å². The highest BCUT2D eigenvalue weighted by atomic mass is 16.3. The fourth-order valence-corrected chi connectivity index (χ4v) is 2.43. The monoisotopic (exact) mass is 282 g/mol. The summed E-state index contributed by atoms with van der Waals surface area (Å²) in [5.74, 6) is 0.971. The van der Waals surface area contributed by atoms with Crippen molar-refractivity contribution in [3.8, 4) is 0 Å². The minimum Gasteiger partial charge on any atom is -0.456 e. The number of hydrogen-bond acceptors (Lipinski definition) is 2. The zero-order valence-corrected chi connectivity index (χ0v) is 12.0. The third-order valence-electron chi connectivity index (χ3n) is 3.51. The van der Waals surface area contributed by atoms with Crippen molar-refractivity contribution in [1.29, 1.82) is 0 Å². The number of carbonyl (C=O) groups excluding carboxylic acids is 1. The number of nitrogens with one attached hydrogen (secondary N) is 1. The Morgan fingerprint density at radius 3 is 2.86 bits per heavy atom. The largest absolute Gasteiger partial charge is 0.456 e. The molecule has 0 aliphatic heterocycles. The van der Waals surface area contributed by atoms with Crippen molar-refractivity contribution in [2.45, 2.75) is 19.9 Å². The van der Waals surface area contributed by atoms with Gasteiger partial charge >= 0.3 is 0 Å². The van der Waals surface area contributed by atoms with E-state index < -0.39 is 0 Å². The Hall–Kier alpha value is -2.49. The molecule has 0 bridgehead atoms. The molecule has 3 rings (SSSR count). The molecular weight excluding hydrogens is 264 g/mol. The maximum atomic E-state index is 11.8. The van der Waals surface area contributed by atoms with Crippen LogP contribution in [0, 0.1) is 6.92 Å². The van der Waals surface area contributed by atoms with Crippen LogP contribution < -0.4 is 5.32 Å². The highest BCUT2D eigenvalue weighted by Crippen LogP contribution is 2.15. The average Bonchev–Trinajstić information content (AvgIpc) is 3.10. The topological polar surface area (TPSA) is 47.2 Å². The number of carbonyl (C=O) groups is 1. The number of para-hydroxylation sites is 1. The fourth-order valence-electron chi connectivity index (χ4n) is 2.43. The van der Waals surface area contributed by atoms with Crippen LogP contribution >= 0.6 is 0 Å². The SMILES string of the molecule is Cc1ccc(C(=O)NCCCn2ccc3ccccc32)o1. The predicted octanol–water partition coefficient (Wildman–Crippen LogP) is 3.36. The summed E-state index contributed by atoms with van der Waals surface area (Å²) in [6.07, 6.45) is 2.96. The molecule has 0 fully saturated rings. The Morgan fingerprint density at radius 2 is 2.05 bits per heavy atom. The highest BCUT2D eigenvalue weighted by molar-refractivity contribution is 5.91. The Kier molecular flexibility index (Phi) is 3.77. The Morgan fingerprint density at radius 1 is 1.19 bits per heavy atom. The van der Waals surface area contributed by atoms with E-state index in [1.165, 1.54) is 10.9 Å². The van der Waals surface area contributed by atoms with Gasteiger partial charge in [-0.25, -0.2) is 0 Å². The summed E-state index contributed by atoms with van der Waals surface area (Å²) in [4.78, 5) is 11.8. The zero-order chi connectivity index (χ0) is 14.7. The molecule has 0 atom stereocenters. The van der Waals surface area contributed by atoms with E-state index in [9.17, 15) is 4.79 Å². The van der Waals surface area contributed by atoms with Gasteiger partial charge in [0.2, 0.25) is 0 Å². The first-order valence-electron chi connectivity index (χ1n) is 7.12. The number of aryl methyl sites for hydroxylation is 2. The van der Waals surface area contributed by atoms with Crippen LogP contribution in [0.4, 0.5) is 0 Å². The predicted molar refractivity (Wildman–Crippen MR) is 82.3 cm³/mol. The first kappa shape index (κ1) is 13.5. The quantitative estimate of drug-likeness (QED) is 0.729. The molecule has 0 unspecified atom stereocenters. The number of hydrogen-bond donors (Lipinski definition) is 1. The van der Waals surface area contributed by atoms with Gasteiger partial charge < -0.3 is 14.3 Å². The van der Waals surface area contributed by atoms with Crippen molar-refractivity contribution < 1.29 is 9.21 Å². The third-order valence-corrected chi connectivity index (χ3v) is 3.51. The Balaban J connectivity index is 1.51. The van der Waals surface area contributed by atoms with Crippen LogP contribution in [-0.2, 0) is 6.54 Å². The van der Waals surface area contributed by atoms with Crippen molar-refractivity contribution >= 4 is 16.8 Å². The van der Waals surface area contributed by atoms with Crippen LogP contribution in [0.15, 0.2) is 53.1 Å². The molecule has 4 nitrogen and oxygen atoms in total. The number of amides is 1. The molecule has 21 heavy (non-hydrogen) atoms. The van der Waals surface area contributed by atoms with Gasteiger partial charge in [0.1, 0.15) is 5.76 Å². The minimum absolute atomic E-state index is 0.152. The lowest BCUT2D eigenvalue weighted by Crippen LogP contribution is -2.24. The van der Waals surface area contributed by atoms with E-state index >= 15 is 0 Å². The molecule has 0 saturated heterocycles. The summed E-state index contributed by atoms with van der Waals surface area (Å²) in [6, 6.07) is 13.9. The molecule has 0 spiro atoms. The van der Waals surface area contributed by atoms with Gasteiger partial charge in [-0.15, -0.1) is 0 Å². The van der Waals surface area contributed by atoms with E-state index in [2.05, 4.69) is 34.3 Å². The second-order valence-corrected chi connectivity index (χ2v) is 5.09. The summed E-state index contributed by atoms with van der Waals surface area (Å²) in [5, 5.41) is 4.12. The Labute approximate surface area is 123 Å². The van der Waals surface area contributed by atoms with Crippen LogP contribution in [0.3, 0.4) is 0 Å². The number of furan rings is 1. The van der Waals surface area contributed by atoms with Crippen LogP contribution in [0.1, 0.15) is 22.7 Å². The van der Waals surface area contributed by atoms with Gasteiger partial charge in [0.05, 0.1) is 0 Å². The molecule has 0 aliphatic rings. The lowest BCUT2D eigenvalue weighted by atomic mass is 10.2. The maximum absolute atomic E-state index is 11.8. The van der Waals surface area contributed by atoms with E-state index in [0.29, 0.717) is 12.3 Å². The normalized spacial score (nSPS) is 10.9. The Bertz CT molecular complexity index is 755. The van der Waals surface area contributed by atoms with Gasteiger partial charge in [-0.3, -0.25) is 4.79 Å². The van der Waals surface area contributed by atoms with Gasteiger partial charge in [0.15, 0.2) is 5.76 Å². The summed E-state index contributed by atoms with van der Waals surface area (Å²) in [7, 11) is 0. The molecule has 1 amide bonds. The van der Waals surface area contributed by atoms with Gasteiger partial charge in [0.25, 0.3) is 5.91 Å². The fraction of sp³-hybridized carbons (Fsp3) is 0.235. The maximum Gasteiger partial charge on any atom is 0.286 e. The molecule has 0 aliphatic carbocycles. The molecule has 1 aromatic carbocycles. The number of benzene rings is 1. The van der Waals surface area contributed by atoms with Gasteiger partial charge in [-0.2, -0.15) is 0 Å². The van der Waals surface area contributed by atoms with Crippen molar-refractivity contribution in [1.82, 2.24) is 9.88 Å². The number of rotatable bonds is 5. The van der Waals surface area contributed by atoms with E-state index in [1.807, 2.05) is 19.1 Å². The number of nitrogens with zero attached hydrogens (tertiary/aromatic N) is 1. The lowest BCUT2D eigenvalue weighted by Gasteiger charge is -2.06. The summed E-state index contributed by atoms with van der Waals surface area (Å²) in [5.41, 5.74) is 1.23. The summed E-state index contributed by atoms with van der Waals surface area (Å²) in [6.45, 7) is 3.34. The van der Waals surface area contributed by atoms with Crippen molar-refractivity contribution in [3.05, 3.63) is 60.2 Å². The molecule has 2 aromatic heterocycles. The molecule has 4 heteroatoms. The molecule has 0 radical (unpaired) electrons. The molecule has 2 heterocycles. The van der Waals surface area contributed by atoms with Crippen LogP contribution in [0.2, 0.25) is 0 Å². The minimum atomic E-state index is -0.152. The van der Waals surface area contributed by atoms with Crippen molar-refractivity contribution in [2.75, 3.05) is 6.54 Å². The van der Waals surface area contributed by atoms with Gasteiger partial charge in [-0.1, -0.05) is 18.2 Å². The second-order valence-electron chi connectivity index (χ2n) is 5.09. The van der Waals surface area contributed by atoms with E-state index in [0.717, 1.165) is 18.7 Å². The average molecular weight is 282 g/mol. The third kappa shape index (κ3) is 2.99. The van der Waals surface area contributed by atoms with Gasteiger partial charge in [0, 0.05) is 24.8 Å². The first-order valence-corrected chi connectivity index (χ1v) is 7.12. The lowest BCUT2D eigenvalue weighted by molar-refractivity contribution is 0.0924. The molecule has 108 valence electrons. The van der Waals surface area contributed by atoms with Crippen molar-refractivity contribution in [2.24, 2.45) is 0 Å². The number of aromatic nitrogens is 1. The highest BCUT2D eigenvalue weighted by Gasteiger charge is 2.08. The van der Waals surface area contributed by atoms with Gasteiger partial charge in [-0.05, 0) is 43.0 Å². The van der Waals surface area contributed by atoms with Crippen LogP contribution in [0.25, 0.3) is 10.9 Å². The van der Waals surface area contributed by atoms with E-state index in [1.54, 1.807) is 12.1 Å². The summed E-state index contributed by atoms with van der Waals surface area (Å²) < 4.78 is 7.50. The summed E-state index contributed by atoms with van der Waals surface area (Å²) >= 11 is 0. The molecule has 1 N–H and O–H groups in total. The number of fused-ring (bicyclic) bond motifs is 1. The van der Waals surface area contributed by atoms with E-state index in [4.69, 9.17) is 4.42 Å². The van der Waals surface area contributed by atoms with Crippen molar-refractivity contribution in [3.63, 3.8) is 0 Å². The smallest absolute Gasteiger partial charge is 0.286 e.